The van der Waals surface area contributed by atoms with Crippen molar-refractivity contribution in [3.05, 3.63) is 57.7 Å². The SMILES string of the molecule is CC(CN)CCc1cccnc1N1CCN(C(=O)C(C)Cc2ccc(Cl)cc2Cl)CC1. The fraction of sp³-hybridized carbons (Fsp3) is 0.500. The highest BCUT2D eigenvalue weighted by molar-refractivity contribution is 6.35. The van der Waals surface area contributed by atoms with E-state index in [-0.39, 0.29) is 11.8 Å². The Hall–Kier alpha value is -1.82. The van der Waals surface area contributed by atoms with E-state index in [1.165, 1.54) is 5.56 Å². The summed E-state index contributed by atoms with van der Waals surface area (Å²) in [6.45, 7) is 7.83. The fourth-order valence-corrected chi connectivity index (χ4v) is 4.47. The number of pyridine rings is 1. The molecule has 0 spiro atoms. The van der Waals surface area contributed by atoms with Crippen molar-refractivity contribution in [2.45, 2.75) is 33.1 Å². The highest BCUT2D eigenvalue weighted by Crippen LogP contribution is 2.25. The number of anilines is 1. The molecule has 1 aromatic carbocycles. The highest BCUT2D eigenvalue weighted by Gasteiger charge is 2.26. The predicted molar refractivity (Wildman–Crippen MR) is 129 cm³/mol. The minimum absolute atomic E-state index is 0.131. The van der Waals surface area contributed by atoms with E-state index in [0.717, 1.165) is 37.3 Å². The van der Waals surface area contributed by atoms with Crippen LogP contribution in [0.3, 0.4) is 0 Å². The molecular weight excluding hydrogens is 431 g/mol. The molecule has 2 aromatic rings. The highest BCUT2D eigenvalue weighted by atomic mass is 35.5. The number of halogens is 2. The number of rotatable bonds is 8. The number of aromatic nitrogens is 1. The molecule has 1 fully saturated rings. The van der Waals surface area contributed by atoms with Crippen molar-refractivity contribution in [1.82, 2.24) is 9.88 Å². The fourth-order valence-electron chi connectivity index (χ4n) is 3.98. The molecule has 1 saturated heterocycles. The second-order valence-electron chi connectivity index (χ2n) is 8.52. The molecule has 0 aliphatic carbocycles. The quantitative estimate of drug-likeness (QED) is 0.629. The van der Waals surface area contributed by atoms with E-state index in [2.05, 4.69) is 22.9 Å². The maximum atomic E-state index is 13.0. The van der Waals surface area contributed by atoms with E-state index in [9.17, 15) is 4.79 Å². The van der Waals surface area contributed by atoms with Crippen LogP contribution in [0.1, 0.15) is 31.4 Å². The smallest absolute Gasteiger partial charge is 0.225 e. The number of amides is 1. The third-order valence-corrected chi connectivity index (χ3v) is 6.62. The van der Waals surface area contributed by atoms with E-state index in [4.69, 9.17) is 28.9 Å². The molecule has 3 rings (SSSR count). The van der Waals surface area contributed by atoms with Crippen molar-refractivity contribution >= 4 is 34.9 Å². The van der Waals surface area contributed by atoms with Crippen molar-refractivity contribution in [2.24, 2.45) is 17.6 Å². The molecule has 5 nitrogen and oxygen atoms in total. The van der Waals surface area contributed by atoms with E-state index in [1.54, 1.807) is 6.07 Å². The van der Waals surface area contributed by atoms with Gasteiger partial charge in [0.1, 0.15) is 5.82 Å². The molecule has 31 heavy (non-hydrogen) atoms. The van der Waals surface area contributed by atoms with Crippen LogP contribution in [0, 0.1) is 11.8 Å². The summed E-state index contributed by atoms with van der Waals surface area (Å²) in [6.07, 6.45) is 4.48. The first-order chi connectivity index (χ1) is 14.9. The van der Waals surface area contributed by atoms with E-state index >= 15 is 0 Å². The van der Waals surface area contributed by atoms with Gasteiger partial charge in [0.25, 0.3) is 0 Å². The molecule has 2 N–H and O–H groups in total. The zero-order valence-corrected chi connectivity index (χ0v) is 19.9. The van der Waals surface area contributed by atoms with Gasteiger partial charge in [-0.1, -0.05) is 49.2 Å². The second kappa shape index (κ2) is 11.2. The van der Waals surface area contributed by atoms with Gasteiger partial charge in [-0.3, -0.25) is 4.79 Å². The van der Waals surface area contributed by atoms with Crippen LogP contribution < -0.4 is 10.6 Å². The number of piperazine rings is 1. The summed E-state index contributed by atoms with van der Waals surface area (Å²) in [5.41, 5.74) is 7.98. The zero-order chi connectivity index (χ0) is 22.4. The van der Waals surface area contributed by atoms with Gasteiger partial charge in [-0.05, 0) is 61.1 Å². The van der Waals surface area contributed by atoms with Crippen LogP contribution in [0.2, 0.25) is 10.0 Å². The second-order valence-corrected chi connectivity index (χ2v) is 9.36. The van der Waals surface area contributed by atoms with Crippen LogP contribution >= 0.6 is 23.2 Å². The number of benzene rings is 1. The largest absolute Gasteiger partial charge is 0.353 e. The minimum Gasteiger partial charge on any atom is -0.353 e. The number of nitrogens with two attached hydrogens (primary N) is 1. The van der Waals surface area contributed by atoms with Crippen molar-refractivity contribution < 1.29 is 4.79 Å². The van der Waals surface area contributed by atoms with Crippen molar-refractivity contribution in [2.75, 3.05) is 37.6 Å². The summed E-state index contributed by atoms with van der Waals surface area (Å²) in [4.78, 5) is 21.9. The first-order valence-electron chi connectivity index (χ1n) is 11.0. The van der Waals surface area contributed by atoms with Gasteiger partial charge in [-0.15, -0.1) is 0 Å². The molecule has 1 aliphatic heterocycles. The summed E-state index contributed by atoms with van der Waals surface area (Å²) in [6, 6.07) is 9.60. The summed E-state index contributed by atoms with van der Waals surface area (Å²) in [5, 5.41) is 1.22. The minimum atomic E-state index is -0.131. The molecule has 0 bridgehead atoms. The number of hydrogen-bond acceptors (Lipinski definition) is 4. The van der Waals surface area contributed by atoms with Crippen LogP contribution in [-0.2, 0) is 17.6 Å². The molecule has 0 saturated carbocycles. The topological polar surface area (TPSA) is 62.5 Å². The number of hydrogen-bond donors (Lipinski definition) is 1. The standard InChI is InChI=1S/C24H32Cl2N4O/c1-17(16-27)5-6-19-4-3-9-28-23(19)29-10-12-30(13-11-29)24(31)18(2)14-20-7-8-21(25)15-22(20)26/h3-4,7-9,15,17-18H,5-6,10-14,16,27H2,1-2H3. The molecule has 1 amide bonds. The first kappa shape index (κ1) is 23.8. The van der Waals surface area contributed by atoms with Crippen LogP contribution in [0.15, 0.2) is 36.5 Å². The Balaban J connectivity index is 1.57. The molecule has 0 radical (unpaired) electrons. The summed E-state index contributed by atoms with van der Waals surface area (Å²) in [7, 11) is 0. The average Bonchev–Trinajstić information content (AvgIpc) is 2.79. The lowest BCUT2D eigenvalue weighted by atomic mass is 9.99. The van der Waals surface area contributed by atoms with Gasteiger partial charge in [0.15, 0.2) is 0 Å². The van der Waals surface area contributed by atoms with Crippen LogP contribution in [-0.4, -0.2) is 48.5 Å². The Kier molecular flexibility index (Phi) is 8.58. The Morgan fingerprint density at radius 3 is 2.55 bits per heavy atom. The molecule has 1 aromatic heterocycles. The van der Waals surface area contributed by atoms with Crippen molar-refractivity contribution in [3.63, 3.8) is 0 Å². The Bertz CT molecular complexity index is 884. The summed E-state index contributed by atoms with van der Waals surface area (Å²) >= 11 is 12.3. The van der Waals surface area contributed by atoms with Crippen LogP contribution in [0.5, 0.6) is 0 Å². The summed E-state index contributed by atoms with van der Waals surface area (Å²) < 4.78 is 0. The predicted octanol–water partition coefficient (Wildman–Crippen LogP) is 4.44. The zero-order valence-electron chi connectivity index (χ0n) is 18.4. The Labute approximate surface area is 195 Å². The average molecular weight is 463 g/mol. The Morgan fingerprint density at radius 2 is 1.87 bits per heavy atom. The van der Waals surface area contributed by atoms with Crippen molar-refractivity contribution in [3.8, 4) is 0 Å². The number of carbonyl (C=O) groups excluding carboxylic acids is 1. The lowest BCUT2D eigenvalue weighted by Crippen LogP contribution is -2.50. The van der Waals surface area contributed by atoms with E-state index < -0.39 is 0 Å². The molecule has 2 heterocycles. The van der Waals surface area contributed by atoms with Crippen LogP contribution in [0.4, 0.5) is 5.82 Å². The number of carbonyl (C=O) groups is 1. The maximum Gasteiger partial charge on any atom is 0.225 e. The third-order valence-electron chi connectivity index (χ3n) is 6.03. The number of nitrogens with zero attached hydrogens (tertiary/aromatic N) is 3. The third kappa shape index (κ3) is 6.34. The molecular formula is C24H32Cl2N4O. The first-order valence-corrected chi connectivity index (χ1v) is 11.8. The molecule has 7 heteroatoms. The maximum absolute atomic E-state index is 13.0. The Morgan fingerprint density at radius 1 is 1.13 bits per heavy atom. The normalized spacial score (nSPS) is 16.3. The van der Waals surface area contributed by atoms with E-state index in [0.29, 0.717) is 42.0 Å². The van der Waals surface area contributed by atoms with Gasteiger partial charge >= 0.3 is 0 Å². The molecule has 168 valence electrons. The van der Waals surface area contributed by atoms with Crippen molar-refractivity contribution in [1.29, 1.82) is 0 Å². The van der Waals surface area contributed by atoms with Gasteiger partial charge < -0.3 is 15.5 Å². The molecule has 2 atom stereocenters. The monoisotopic (exact) mass is 462 g/mol. The molecule has 1 aliphatic rings. The molecule has 2 unspecified atom stereocenters. The van der Waals surface area contributed by atoms with Gasteiger partial charge in [-0.25, -0.2) is 4.98 Å². The van der Waals surface area contributed by atoms with Crippen LogP contribution in [0.25, 0.3) is 0 Å². The van der Waals surface area contributed by atoms with E-state index in [1.807, 2.05) is 36.2 Å². The van der Waals surface area contributed by atoms with Gasteiger partial charge in [0, 0.05) is 48.3 Å². The summed E-state index contributed by atoms with van der Waals surface area (Å²) in [5.74, 6) is 1.58. The van der Waals surface area contributed by atoms with Gasteiger partial charge in [0.05, 0.1) is 0 Å². The van der Waals surface area contributed by atoms with Gasteiger partial charge in [-0.2, -0.15) is 0 Å². The lowest BCUT2D eigenvalue weighted by Gasteiger charge is -2.37. The number of aryl methyl sites for hydroxylation is 1. The lowest BCUT2D eigenvalue weighted by molar-refractivity contribution is -0.135. The van der Waals surface area contributed by atoms with Gasteiger partial charge in [0.2, 0.25) is 5.91 Å².